The lowest BCUT2D eigenvalue weighted by Gasteiger charge is -2.33. The van der Waals surface area contributed by atoms with E-state index in [4.69, 9.17) is 14.6 Å². The predicted octanol–water partition coefficient (Wildman–Crippen LogP) is 2.93. The number of nitrogens with zero attached hydrogens (tertiary/aromatic N) is 3. The Morgan fingerprint density at radius 1 is 1.09 bits per heavy atom. The molecule has 2 aliphatic rings. The molecule has 3 heterocycles. The number of anilines is 2. The van der Waals surface area contributed by atoms with Crippen LogP contribution in [0.25, 0.3) is 10.9 Å². The highest BCUT2D eigenvalue weighted by Crippen LogP contribution is 2.32. The van der Waals surface area contributed by atoms with Gasteiger partial charge in [-0.05, 0) is 49.1 Å². The largest absolute Gasteiger partial charge is 0.495 e. The molecule has 2 aliphatic heterocycles. The second-order valence-electron chi connectivity index (χ2n) is 11.6. The number of ether oxygens (including phenoxy) is 2. The normalized spacial score (nSPS) is 17.7. The first-order chi connectivity index (χ1) is 22.5. The Bertz CT molecular complexity index is 1690. The molecule has 4 N–H and O–H groups in total. The number of hydrogen-bond donors (Lipinski definition) is 4. The first-order valence-electron chi connectivity index (χ1n) is 15.4. The van der Waals surface area contributed by atoms with Crippen molar-refractivity contribution < 1.29 is 41.3 Å². The summed E-state index contributed by atoms with van der Waals surface area (Å²) in [6.45, 7) is 1.59. The molecule has 1 aromatic heterocycles. The number of methoxy groups -OCH3 is 1. The molecular formula is C32H40F3N5O6S. The quantitative estimate of drug-likeness (QED) is 0.226. The van der Waals surface area contributed by atoms with Gasteiger partial charge in [0.15, 0.2) is 0 Å². The Morgan fingerprint density at radius 3 is 2.51 bits per heavy atom. The zero-order valence-electron chi connectivity index (χ0n) is 26.1. The van der Waals surface area contributed by atoms with Crippen molar-refractivity contribution in [2.45, 2.75) is 42.6 Å². The van der Waals surface area contributed by atoms with Crippen molar-refractivity contribution >= 4 is 32.3 Å². The lowest BCUT2D eigenvalue weighted by Crippen LogP contribution is -2.43. The molecule has 15 heteroatoms. The number of alkyl halides is 3. The summed E-state index contributed by atoms with van der Waals surface area (Å²) in [5.41, 5.74) is 1.82. The average Bonchev–Trinajstić information content (AvgIpc) is 3.40. The van der Waals surface area contributed by atoms with E-state index >= 15 is 0 Å². The fourth-order valence-corrected chi connectivity index (χ4v) is 7.31. The SMILES string of the molecule is COc1cc(S(=O)(=O)N2CCOCC2)ccc1NCC#Cc1cc2c(NC3CCN(CC(O)CO)CC3)cccc2n1CC(F)(F)F. The highest BCUT2D eigenvalue weighted by Gasteiger charge is 2.30. The number of sulfonamides is 1. The maximum atomic E-state index is 13.7. The molecule has 2 aromatic carbocycles. The summed E-state index contributed by atoms with van der Waals surface area (Å²) in [5, 5.41) is 26.1. The Labute approximate surface area is 272 Å². The highest BCUT2D eigenvalue weighted by atomic mass is 32.2. The Hall–Kier alpha value is -3.52. The molecule has 0 saturated carbocycles. The highest BCUT2D eigenvalue weighted by molar-refractivity contribution is 7.89. The van der Waals surface area contributed by atoms with Crippen LogP contribution < -0.4 is 15.4 Å². The summed E-state index contributed by atoms with van der Waals surface area (Å²) >= 11 is 0. The number of benzene rings is 2. The fourth-order valence-electron chi connectivity index (χ4n) is 5.89. The van der Waals surface area contributed by atoms with Gasteiger partial charge in [-0.2, -0.15) is 17.5 Å². The van der Waals surface area contributed by atoms with Gasteiger partial charge in [0.2, 0.25) is 10.0 Å². The van der Waals surface area contributed by atoms with Crippen molar-refractivity contribution in [1.82, 2.24) is 13.8 Å². The van der Waals surface area contributed by atoms with Gasteiger partial charge in [-0.25, -0.2) is 8.42 Å². The molecule has 0 bridgehead atoms. The van der Waals surface area contributed by atoms with E-state index in [1.54, 1.807) is 24.3 Å². The third-order valence-electron chi connectivity index (χ3n) is 8.27. The van der Waals surface area contributed by atoms with Crippen LogP contribution in [0.1, 0.15) is 18.5 Å². The van der Waals surface area contributed by atoms with Gasteiger partial charge in [-0.1, -0.05) is 12.0 Å². The summed E-state index contributed by atoms with van der Waals surface area (Å²) in [6.07, 6.45) is -3.70. The van der Waals surface area contributed by atoms with E-state index in [9.17, 15) is 26.7 Å². The molecule has 0 radical (unpaired) electrons. The van der Waals surface area contributed by atoms with Crippen molar-refractivity contribution in [2.75, 3.05) is 76.8 Å². The van der Waals surface area contributed by atoms with Crippen LogP contribution in [0.15, 0.2) is 47.4 Å². The zero-order chi connectivity index (χ0) is 33.6. The lowest BCUT2D eigenvalue weighted by atomic mass is 10.0. The minimum absolute atomic E-state index is 0.0636. The van der Waals surface area contributed by atoms with Gasteiger partial charge in [0, 0.05) is 55.9 Å². The molecular weight excluding hydrogens is 639 g/mol. The van der Waals surface area contributed by atoms with Crippen molar-refractivity contribution in [1.29, 1.82) is 0 Å². The number of fused-ring (bicyclic) bond motifs is 1. The van der Waals surface area contributed by atoms with Crippen LogP contribution in [0.2, 0.25) is 0 Å². The van der Waals surface area contributed by atoms with Gasteiger partial charge in [0.05, 0.1) is 61.4 Å². The van der Waals surface area contributed by atoms with Crippen LogP contribution in [-0.4, -0.2) is 117 Å². The molecule has 0 spiro atoms. The standard InChI is InChI=1S/C32H40F3N5O6S/c1-45-31-19-26(47(43,44)39-14-16-46-17-15-39)7-8-29(31)36-11-3-4-24-18-27-28(5-2-6-30(27)40(24)22-32(33,34)35)37-23-9-12-38(13-10-23)20-25(42)21-41/h2,5-8,18-19,23,25,36-37,41-42H,9-17,20-22H2,1H3. The Morgan fingerprint density at radius 2 is 1.83 bits per heavy atom. The van der Waals surface area contributed by atoms with Gasteiger partial charge < -0.3 is 39.8 Å². The number of nitrogens with one attached hydrogen (secondary N) is 2. The fraction of sp³-hybridized carbons (Fsp3) is 0.500. The van der Waals surface area contributed by atoms with Gasteiger partial charge in [-0.3, -0.25) is 0 Å². The number of β-amino-alcohol motifs (C(OH)–C–C–N with tert-alkyl or cyclic N) is 1. The molecule has 5 rings (SSSR count). The van der Waals surface area contributed by atoms with E-state index in [1.165, 1.54) is 23.5 Å². The third kappa shape index (κ3) is 8.69. The number of rotatable bonds is 11. The van der Waals surface area contributed by atoms with E-state index in [1.807, 2.05) is 6.07 Å². The predicted molar refractivity (Wildman–Crippen MR) is 172 cm³/mol. The molecule has 2 saturated heterocycles. The van der Waals surface area contributed by atoms with Crippen molar-refractivity contribution in [2.24, 2.45) is 0 Å². The van der Waals surface area contributed by atoms with Crippen LogP contribution >= 0.6 is 0 Å². The van der Waals surface area contributed by atoms with Crippen molar-refractivity contribution in [3.63, 3.8) is 0 Å². The molecule has 0 aliphatic carbocycles. The van der Waals surface area contributed by atoms with Gasteiger partial charge >= 0.3 is 6.18 Å². The van der Waals surface area contributed by atoms with Crippen LogP contribution in [-0.2, 0) is 21.3 Å². The number of aromatic nitrogens is 1. The number of likely N-dealkylation sites (tertiary alicyclic amines) is 1. The minimum atomic E-state index is -4.47. The second-order valence-corrected chi connectivity index (χ2v) is 13.5. The maximum Gasteiger partial charge on any atom is 0.406 e. The molecule has 0 amide bonds. The van der Waals surface area contributed by atoms with Crippen molar-refractivity contribution in [3.05, 3.63) is 48.2 Å². The average molecular weight is 680 g/mol. The molecule has 1 atom stereocenters. The Kier molecular flexibility index (Phi) is 11.2. The van der Waals surface area contributed by atoms with Crippen LogP contribution in [0.3, 0.4) is 0 Å². The van der Waals surface area contributed by atoms with E-state index < -0.39 is 28.8 Å². The van der Waals surface area contributed by atoms with E-state index in [-0.39, 0.29) is 42.9 Å². The van der Waals surface area contributed by atoms with Crippen LogP contribution in [0, 0.1) is 11.8 Å². The zero-order valence-corrected chi connectivity index (χ0v) is 26.9. The summed E-state index contributed by atoms with van der Waals surface area (Å²) in [4.78, 5) is 2.17. The van der Waals surface area contributed by atoms with E-state index in [2.05, 4.69) is 27.4 Å². The third-order valence-corrected chi connectivity index (χ3v) is 10.2. The van der Waals surface area contributed by atoms with Crippen LogP contribution in [0.4, 0.5) is 24.5 Å². The Balaban J connectivity index is 1.31. The second kappa shape index (κ2) is 15.1. The summed E-state index contributed by atoms with van der Waals surface area (Å²) < 4.78 is 80.3. The summed E-state index contributed by atoms with van der Waals surface area (Å²) in [5.74, 6) is 6.08. The number of piperidine rings is 1. The number of halogens is 3. The van der Waals surface area contributed by atoms with Gasteiger partial charge in [-0.15, -0.1) is 0 Å². The van der Waals surface area contributed by atoms with E-state index in [0.717, 1.165) is 36.2 Å². The monoisotopic (exact) mass is 679 g/mol. The molecule has 11 nitrogen and oxygen atoms in total. The number of hydrogen-bond acceptors (Lipinski definition) is 9. The van der Waals surface area contributed by atoms with Gasteiger partial charge in [0.25, 0.3) is 0 Å². The van der Waals surface area contributed by atoms with Crippen LogP contribution in [0.5, 0.6) is 5.75 Å². The number of morpholine rings is 1. The first-order valence-corrected chi connectivity index (χ1v) is 16.9. The minimum Gasteiger partial charge on any atom is -0.495 e. The summed E-state index contributed by atoms with van der Waals surface area (Å²) in [7, 11) is -2.31. The van der Waals surface area contributed by atoms with E-state index in [0.29, 0.717) is 42.1 Å². The summed E-state index contributed by atoms with van der Waals surface area (Å²) in [6, 6.07) is 11.4. The first kappa shape index (κ1) is 34.8. The smallest absolute Gasteiger partial charge is 0.406 e. The maximum absolute atomic E-state index is 13.7. The van der Waals surface area contributed by atoms with Crippen molar-refractivity contribution in [3.8, 4) is 17.6 Å². The molecule has 3 aromatic rings. The molecule has 47 heavy (non-hydrogen) atoms. The number of aliphatic hydroxyl groups is 2. The number of aliphatic hydroxyl groups excluding tert-OH is 2. The topological polar surface area (TPSA) is 129 Å². The molecule has 256 valence electrons. The molecule has 1 unspecified atom stereocenters. The lowest BCUT2D eigenvalue weighted by molar-refractivity contribution is -0.140. The van der Waals surface area contributed by atoms with Gasteiger partial charge in [0.1, 0.15) is 12.3 Å². The molecule has 2 fully saturated rings.